The van der Waals surface area contributed by atoms with E-state index in [1.54, 1.807) is 48.5 Å². The van der Waals surface area contributed by atoms with Crippen LogP contribution in [0.25, 0.3) is 0 Å². The molecule has 3 aromatic rings. The summed E-state index contributed by atoms with van der Waals surface area (Å²) in [7, 11) is 1.52. The highest BCUT2D eigenvalue weighted by Crippen LogP contribution is 2.34. The van der Waals surface area contributed by atoms with E-state index < -0.39 is 30.0 Å². The number of nitrogens with one attached hydrogen (secondary N) is 1. The van der Waals surface area contributed by atoms with Gasteiger partial charge in [0.05, 0.1) is 13.7 Å². The first kappa shape index (κ1) is 22.8. The number of anilines is 1. The summed E-state index contributed by atoms with van der Waals surface area (Å²) in [6.45, 7) is 0.0396. The van der Waals surface area contributed by atoms with Crippen LogP contribution in [-0.4, -0.2) is 36.0 Å². The van der Waals surface area contributed by atoms with Gasteiger partial charge in [0.1, 0.15) is 11.6 Å². The van der Waals surface area contributed by atoms with Crippen LogP contribution in [0, 0.1) is 5.82 Å². The Morgan fingerprint density at radius 2 is 1.79 bits per heavy atom. The van der Waals surface area contributed by atoms with E-state index >= 15 is 0 Å². The molecule has 0 bridgehead atoms. The fourth-order valence-electron chi connectivity index (χ4n) is 3.74. The van der Waals surface area contributed by atoms with Crippen LogP contribution in [0.4, 0.5) is 14.9 Å². The molecule has 4 rings (SSSR count). The fourth-order valence-corrected chi connectivity index (χ4v) is 3.74. The van der Waals surface area contributed by atoms with Crippen LogP contribution in [0.5, 0.6) is 5.75 Å². The van der Waals surface area contributed by atoms with E-state index in [0.717, 1.165) is 0 Å². The average molecular weight is 463 g/mol. The Bertz CT molecular complexity index is 1210. The molecule has 0 aliphatic carbocycles. The van der Waals surface area contributed by atoms with Gasteiger partial charge in [-0.15, -0.1) is 0 Å². The van der Waals surface area contributed by atoms with E-state index in [2.05, 4.69) is 5.32 Å². The highest BCUT2D eigenvalue weighted by Gasteiger charge is 2.46. The maximum absolute atomic E-state index is 13.2. The lowest BCUT2D eigenvalue weighted by Gasteiger charge is -2.22. The molecular formula is C25H22FN3O5. The number of benzene rings is 3. The first-order valence-corrected chi connectivity index (χ1v) is 10.4. The summed E-state index contributed by atoms with van der Waals surface area (Å²) in [5.74, 6) is -0.891. The number of cyclic esters (lactones) is 1. The van der Waals surface area contributed by atoms with Crippen LogP contribution < -0.4 is 15.8 Å². The second kappa shape index (κ2) is 9.62. The zero-order chi connectivity index (χ0) is 24.2. The summed E-state index contributed by atoms with van der Waals surface area (Å²) in [5.41, 5.74) is 7.71. The number of primary amides is 1. The summed E-state index contributed by atoms with van der Waals surface area (Å²) >= 11 is 0. The maximum atomic E-state index is 13.2. The highest BCUT2D eigenvalue weighted by molar-refractivity contribution is 6.04. The lowest BCUT2D eigenvalue weighted by atomic mass is 10.0. The molecular weight excluding hydrogens is 441 g/mol. The summed E-state index contributed by atoms with van der Waals surface area (Å²) < 4.78 is 23.8. The van der Waals surface area contributed by atoms with Crippen LogP contribution in [0.3, 0.4) is 0 Å². The third-order valence-corrected chi connectivity index (χ3v) is 5.47. The Hall–Kier alpha value is -4.40. The normalized spacial score (nSPS) is 17.2. The maximum Gasteiger partial charge on any atom is 0.411 e. The Morgan fingerprint density at radius 3 is 2.44 bits per heavy atom. The summed E-state index contributed by atoms with van der Waals surface area (Å²) in [6.07, 6.45) is -1.62. The minimum Gasteiger partial charge on any atom is -0.497 e. The molecule has 3 amide bonds. The number of ether oxygens (including phenoxy) is 2. The van der Waals surface area contributed by atoms with Crippen molar-refractivity contribution in [2.75, 3.05) is 12.4 Å². The molecule has 1 fully saturated rings. The zero-order valence-electron chi connectivity index (χ0n) is 18.2. The Labute approximate surface area is 195 Å². The van der Waals surface area contributed by atoms with Crippen molar-refractivity contribution >= 4 is 23.6 Å². The van der Waals surface area contributed by atoms with Crippen molar-refractivity contribution in [2.24, 2.45) is 5.73 Å². The van der Waals surface area contributed by atoms with Gasteiger partial charge < -0.3 is 20.5 Å². The van der Waals surface area contributed by atoms with Crippen molar-refractivity contribution in [1.29, 1.82) is 0 Å². The number of amides is 3. The van der Waals surface area contributed by atoms with Gasteiger partial charge in [0, 0.05) is 11.3 Å². The lowest BCUT2D eigenvalue weighted by Crippen LogP contribution is -2.43. The minimum absolute atomic E-state index is 0.0396. The van der Waals surface area contributed by atoms with Crippen molar-refractivity contribution in [3.63, 3.8) is 0 Å². The molecule has 9 heteroatoms. The van der Waals surface area contributed by atoms with Gasteiger partial charge in [-0.2, -0.15) is 0 Å². The summed E-state index contributed by atoms with van der Waals surface area (Å²) in [4.78, 5) is 38.5. The van der Waals surface area contributed by atoms with Crippen LogP contribution in [0.2, 0.25) is 0 Å². The minimum atomic E-state index is -1.05. The van der Waals surface area contributed by atoms with Crippen LogP contribution >= 0.6 is 0 Å². The second-order valence-corrected chi connectivity index (χ2v) is 7.71. The molecule has 1 aliphatic rings. The largest absolute Gasteiger partial charge is 0.497 e. The van der Waals surface area contributed by atoms with E-state index in [-0.39, 0.29) is 12.5 Å². The van der Waals surface area contributed by atoms with Gasteiger partial charge in [-0.1, -0.05) is 30.3 Å². The first-order chi connectivity index (χ1) is 16.4. The number of halogens is 1. The topological polar surface area (TPSA) is 111 Å². The van der Waals surface area contributed by atoms with Crippen molar-refractivity contribution < 1.29 is 28.2 Å². The number of methoxy groups -OCH3 is 1. The Balaban J connectivity index is 1.49. The average Bonchev–Trinajstić information content (AvgIpc) is 3.17. The Morgan fingerprint density at radius 1 is 1.09 bits per heavy atom. The van der Waals surface area contributed by atoms with Crippen LogP contribution in [0.15, 0.2) is 72.8 Å². The van der Waals surface area contributed by atoms with E-state index in [1.165, 1.54) is 36.3 Å². The number of hydrogen-bond donors (Lipinski definition) is 2. The predicted molar refractivity (Wildman–Crippen MR) is 122 cm³/mol. The van der Waals surface area contributed by atoms with E-state index in [0.29, 0.717) is 28.1 Å². The molecule has 0 aromatic heterocycles. The quantitative estimate of drug-likeness (QED) is 0.556. The van der Waals surface area contributed by atoms with E-state index in [9.17, 15) is 18.8 Å². The van der Waals surface area contributed by atoms with Gasteiger partial charge in [0.15, 0.2) is 12.1 Å². The standard InChI is InChI=1S/C25H22FN3O5/c1-33-20-4-2-3-17(13-20)24(31)28-19-11-7-16(8-12-19)22-21(23(27)30)29(25(32)34-22)14-15-5-9-18(26)10-6-15/h2-13,21-22H,14H2,1H3,(H2,27,30)(H,28,31). The number of carbonyl (C=O) groups is 3. The van der Waals surface area contributed by atoms with Crippen LogP contribution in [0.1, 0.15) is 27.6 Å². The third kappa shape index (κ3) is 4.83. The van der Waals surface area contributed by atoms with Gasteiger partial charge in [-0.3, -0.25) is 14.5 Å². The van der Waals surface area contributed by atoms with Gasteiger partial charge in [-0.05, 0) is 53.6 Å². The van der Waals surface area contributed by atoms with Crippen molar-refractivity contribution in [2.45, 2.75) is 18.7 Å². The summed E-state index contributed by atoms with van der Waals surface area (Å²) in [6, 6.07) is 17.9. The number of rotatable bonds is 7. The summed E-state index contributed by atoms with van der Waals surface area (Å²) in [5, 5.41) is 2.78. The van der Waals surface area contributed by atoms with Gasteiger partial charge in [-0.25, -0.2) is 9.18 Å². The van der Waals surface area contributed by atoms with Gasteiger partial charge >= 0.3 is 6.09 Å². The molecule has 0 spiro atoms. The number of hydrogen-bond acceptors (Lipinski definition) is 5. The molecule has 0 saturated carbocycles. The van der Waals surface area contributed by atoms with Crippen molar-refractivity contribution in [1.82, 2.24) is 4.90 Å². The SMILES string of the molecule is COc1cccc(C(=O)Nc2ccc(C3OC(=O)N(Cc4ccc(F)cc4)C3C(N)=O)cc2)c1. The highest BCUT2D eigenvalue weighted by atomic mass is 19.1. The lowest BCUT2D eigenvalue weighted by molar-refractivity contribution is -0.123. The smallest absolute Gasteiger partial charge is 0.411 e. The number of carbonyl (C=O) groups excluding carboxylic acids is 3. The molecule has 1 aliphatic heterocycles. The molecule has 2 atom stereocenters. The molecule has 2 unspecified atom stereocenters. The Kier molecular flexibility index (Phi) is 6.44. The monoisotopic (exact) mass is 463 g/mol. The fraction of sp³-hybridized carbons (Fsp3) is 0.160. The number of nitrogens with zero attached hydrogens (tertiary/aromatic N) is 1. The molecule has 174 valence electrons. The molecule has 0 radical (unpaired) electrons. The predicted octanol–water partition coefficient (Wildman–Crippen LogP) is 3.63. The molecule has 3 N–H and O–H groups in total. The van der Waals surface area contributed by atoms with Crippen molar-refractivity contribution in [3.05, 3.63) is 95.3 Å². The molecule has 1 saturated heterocycles. The molecule has 8 nitrogen and oxygen atoms in total. The second-order valence-electron chi connectivity index (χ2n) is 7.71. The number of nitrogens with two attached hydrogens (primary N) is 1. The van der Waals surface area contributed by atoms with E-state index in [4.69, 9.17) is 15.2 Å². The molecule has 1 heterocycles. The van der Waals surface area contributed by atoms with Gasteiger partial charge in [0.2, 0.25) is 5.91 Å². The zero-order valence-corrected chi connectivity index (χ0v) is 18.2. The molecule has 3 aromatic carbocycles. The van der Waals surface area contributed by atoms with Gasteiger partial charge in [0.25, 0.3) is 5.91 Å². The first-order valence-electron chi connectivity index (χ1n) is 10.4. The third-order valence-electron chi connectivity index (χ3n) is 5.47. The van der Waals surface area contributed by atoms with Crippen LogP contribution in [-0.2, 0) is 16.1 Å². The van der Waals surface area contributed by atoms with Crippen molar-refractivity contribution in [3.8, 4) is 5.75 Å². The van der Waals surface area contributed by atoms with E-state index in [1.807, 2.05) is 0 Å². The molecule has 34 heavy (non-hydrogen) atoms.